The molecule has 1 aromatic carbocycles. The zero-order valence-electron chi connectivity index (χ0n) is 6.67. The predicted octanol–water partition coefficient (Wildman–Crippen LogP) is 3.13. The summed E-state index contributed by atoms with van der Waals surface area (Å²) in [6, 6.07) is 7.67. The van der Waals surface area contributed by atoms with Crippen LogP contribution >= 0.6 is 0 Å². The van der Waals surface area contributed by atoms with Crippen LogP contribution in [0.5, 0.6) is 0 Å². The molecule has 1 aromatic rings. The van der Waals surface area contributed by atoms with Gasteiger partial charge in [0.15, 0.2) is 0 Å². The van der Waals surface area contributed by atoms with Gasteiger partial charge in [-0.05, 0) is 0 Å². The van der Waals surface area contributed by atoms with Crippen LogP contribution in [-0.2, 0) is 39.1 Å². The molecule has 0 amide bonds. The van der Waals surface area contributed by atoms with Crippen molar-refractivity contribution in [3.63, 3.8) is 0 Å². The molecule has 0 saturated heterocycles. The standard InChI is InChI=1S/C9H11N.Y/c1-2-5-8-6-3-4-7-9(8)10;/h2-4,6-7,10H,5H2,1H3;/q-2;. The van der Waals surface area contributed by atoms with Crippen molar-refractivity contribution in [2.45, 2.75) is 13.3 Å². The maximum absolute atomic E-state index is 7.45. The molecule has 57 valence electrons. The summed E-state index contributed by atoms with van der Waals surface area (Å²) in [6.45, 7) is 2.01. The van der Waals surface area contributed by atoms with Gasteiger partial charge < -0.3 is 12.2 Å². The van der Waals surface area contributed by atoms with Crippen molar-refractivity contribution in [3.05, 3.63) is 42.0 Å². The molecule has 11 heavy (non-hydrogen) atoms. The number of nitrogens with one attached hydrogen (secondary N) is 1. The van der Waals surface area contributed by atoms with Crippen LogP contribution < -0.4 is 0 Å². The largest absolute Gasteiger partial charge is 0.699 e. The first-order valence-corrected chi connectivity index (χ1v) is 3.42. The second-order valence-electron chi connectivity index (χ2n) is 2.27. The number of benzene rings is 1. The van der Waals surface area contributed by atoms with E-state index in [0.717, 1.165) is 12.0 Å². The quantitative estimate of drug-likeness (QED) is 0.686. The summed E-state index contributed by atoms with van der Waals surface area (Å²) in [5.41, 5.74) is 9.20. The van der Waals surface area contributed by atoms with Gasteiger partial charge in [-0.3, -0.25) is 0 Å². The molecule has 0 fully saturated rings. The average molecular weight is 222 g/mol. The molecule has 0 spiro atoms. The van der Waals surface area contributed by atoms with Crippen molar-refractivity contribution < 1.29 is 32.7 Å². The van der Waals surface area contributed by atoms with E-state index in [1.54, 1.807) is 0 Å². The fraction of sp³-hybridized carbons (Fsp3) is 0.222. The molecule has 0 atom stereocenters. The van der Waals surface area contributed by atoms with Gasteiger partial charge in [0.1, 0.15) is 0 Å². The minimum Gasteiger partial charge on any atom is -0.699 e. The minimum absolute atomic E-state index is 0. The Morgan fingerprint density at radius 3 is 2.55 bits per heavy atom. The van der Waals surface area contributed by atoms with Gasteiger partial charge in [0.05, 0.1) is 0 Å². The van der Waals surface area contributed by atoms with Gasteiger partial charge in [0, 0.05) is 32.7 Å². The monoisotopic (exact) mass is 222 g/mol. The summed E-state index contributed by atoms with van der Waals surface area (Å²) < 4.78 is 0. The molecular formula is C9H11NY-2. The molecule has 0 aliphatic heterocycles. The van der Waals surface area contributed by atoms with Crippen LogP contribution in [0.25, 0.3) is 5.73 Å². The Labute approximate surface area is 93.2 Å². The summed E-state index contributed by atoms with van der Waals surface area (Å²) >= 11 is 0. The van der Waals surface area contributed by atoms with E-state index >= 15 is 0 Å². The van der Waals surface area contributed by atoms with E-state index in [2.05, 4.69) is 6.42 Å². The molecule has 0 saturated carbocycles. The summed E-state index contributed by atoms with van der Waals surface area (Å²) in [5, 5.41) is 0. The van der Waals surface area contributed by atoms with Crippen molar-refractivity contribution in [2.24, 2.45) is 0 Å². The van der Waals surface area contributed by atoms with Gasteiger partial charge in [0.25, 0.3) is 0 Å². The molecule has 1 rings (SSSR count). The Morgan fingerprint density at radius 1 is 1.36 bits per heavy atom. The normalized spacial score (nSPS) is 8.82. The maximum Gasteiger partial charge on any atom is 0 e. The van der Waals surface area contributed by atoms with E-state index in [1.807, 2.05) is 31.2 Å². The van der Waals surface area contributed by atoms with Crippen molar-refractivity contribution in [3.8, 4) is 0 Å². The second-order valence-corrected chi connectivity index (χ2v) is 2.27. The number of hydrogen-bond acceptors (Lipinski definition) is 0. The fourth-order valence-electron chi connectivity index (χ4n) is 0.918. The molecule has 2 heteroatoms. The average Bonchev–Trinajstić information content (AvgIpc) is 1.94. The van der Waals surface area contributed by atoms with Gasteiger partial charge in [-0.15, -0.1) is 5.69 Å². The summed E-state index contributed by atoms with van der Waals surface area (Å²) in [5.74, 6) is 0. The van der Waals surface area contributed by atoms with E-state index in [4.69, 9.17) is 5.73 Å². The van der Waals surface area contributed by atoms with Crippen LogP contribution in [0.15, 0.2) is 24.3 Å². The van der Waals surface area contributed by atoms with Crippen molar-refractivity contribution in [2.75, 3.05) is 0 Å². The van der Waals surface area contributed by atoms with E-state index < -0.39 is 0 Å². The topological polar surface area (TPSA) is 23.8 Å². The Morgan fingerprint density at radius 2 is 2.00 bits per heavy atom. The predicted molar refractivity (Wildman–Crippen MR) is 44.1 cm³/mol. The Hall–Kier alpha value is 0.124. The van der Waals surface area contributed by atoms with Crippen LogP contribution in [0, 0.1) is 6.42 Å². The first-order chi connectivity index (χ1) is 4.84. The molecule has 1 radical (unpaired) electrons. The van der Waals surface area contributed by atoms with E-state index in [-0.39, 0.29) is 32.7 Å². The molecule has 1 nitrogen and oxygen atoms in total. The number of rotatable bonds is 2. The zero-order chi connectivity index (χ0) is 7.40. The van der Waals surface area contributed by atoms with Crippen LogP contribution in [-0.4, -0.2) is 0 Å². The van der Waals surface area contributed by atoms with Crippen molar-refractivity contribution in [1.82, 2.24) is 0 Å². The molecule has 0 aliphatic carbocycles. The molecule has 0 aromatic heterocycles. The van der Waals surface area contributed by atoms with Gasteiger partial charge in [-0.25, -0.2) is 0 Å². The van der Waals surface area contributed by atoms with Gasteiger partial charge in [0.2, 0.25) is 0 Å². The van der Waals surface area contributed by atoms with Crippen LogP contribution in [0.3, 0.4) is 0 Å². The Bertz CT molecular complexity index is 210. The summed E-state index contributed by atoms with van der Waals surface area (Å²) in [6.07, 6.45) is 2.97. The maximum atomic E-state index is 7.45. The van der Waals surface area contributed by atoms with Crippen LogP contribution in [0.4, 0.5) is 5.69 Å². The summed E-state index contributed by atoms with van der Waals surface area (Å²) in [4.78, 5) is 0. The minimum atomic E-state index is 0. The molecule has 0 bridgehead atoms. The molecule has 0 unspecified atom stereocenters. The van der Waals surface area contributed by atoms with Crippen molar-refractivity contribution >= 4 is 5.69 Å². The first kappa shape index (κ1) is 11.1. The molecule has 0 aliphatic rings. The Kier molecular flexibility index (Phi) is 5.80. The van der Waals surface area contributed by atoms with Gasteiger partial charge in [-0.1, -0.05) is 29.8 Å². The molecule has 1 N–H and O–H groups in total. The van der Waals surface area contributed by atoms with Gasteiger partial charge >= 0.3 is 0 Å². The van der Waals surface area contributed by atoms with E-state index in [0.29, 0.717) is 5.69 Å². The first-order valence-electron chi connectivity index (χ1n) is 3.42. The van der Waals surface area contributed by atoms with E-state index in [9.17, 15) is 0 Å². The van der Waals surface area contributed by atoms with E-state index in [1.165, 1.54) is 0 Å². The molecule has 0 heterocycles. The zero-order valence-corrected chi connectivity index (χ0v) is 9.51. The third-order valence-corrected chi connectivity index (χ3v) is 1.44. The summed E-state index contributed by atoms with van der Waals surface area (Å²) in [7, 11) is 0. The van der Waals surface area contributed by atoms with Crippen molar-refractivity contribution in [1.29, 1.82) is 0 Å². The Balaban J connectivity index is 0.000001000. The van der Waals surface area contributed by atoms with Crippen LogP contribution in [0.2, 0.25) is 0 Å². The second kappa shape index (κ2) is 5.73. The smallest absolute Gasteiger partial charge is 0 e. The SMILES string of the molecule is C[CH-]Cc1ccccc1[NH-].[Y]. The third kappa shape index (κ3) is 3.35. The third-order valence-electron chi connectivity index (χ3n) is 1.44. The van der Waals surface area contributed by atoms with Gasteiger partial charge in [-0.2, -0.15) is 13.3 Å². The number of hydrogen-bond donors (Lipinski definition) is 0. The van der Waals surface area contributed by atoms with Crippen LogP contribution in [0.1, 0.15) is 12.5 Å². The molecular weight excluding hydrogens is 211 g/mol. The fourth-order valence-corrected chi connectivity index (χ4v) is 0.918.